The number of amides is 1. The molecule has 2 aromatic heterocycles. The first-order valence-corrected chi connectivity index (χ1v) is 9.37. The van der Waals surface area contributed by atoms with Gasteiger partial charge in [0.15, 0.2) is 0 Å². The number of H-pyrrole nitrogens is 1. The second-order valence-corrected chi connectivity index (χ2v) is 6.76. The number of benzene rings is 2. The largest absolute Gasteiger partial charge is 0.455 e. The number of nitrogens with one attached hydrogen (secondary N) is 2. The second kappa shape index (κ2) is 8.64. The molecule has 0 aliphatic carbocycles. The minimum atomic E-state index is -0.527. The molecule has 1 amide bonds. The van der Waals surface area contributed by atoms with Crippen molar-refractivity contribution in [3.8, 4) is 22.6 Å². The molecule has 0 spiro atoms. The molecular weight excluding hydrogens is 422 g/mol. The lowest BCUT2D eigenvalue weighted by Gasteiger charge is -2.00. The van der Waals surface area contributed by atoms with Crippen LogP contribution in [0.4, 0.5) is 5.69 Å². The Balaban J connectivity index is 1.41. The SMILES string of the molecule is O=C(N/N=C\c1ccc(-c2ccc([N+](=O)[O-])cc2Cl)o1)c1cc(-c2ccccc2)n[nH]1. The topological polar surface area (TPSA) is 126 Å². The molecule has 0 bridgehead atoms. The van der Waals surface area contributed by atoms with E-state index in [1.165, 1.54) is 24.4 Å². The number of non-ortho nitro benzene ring substituents is 1. The summed E-state index contributed by atoms with van der Waals surface area (Å²) < 4.78 is 5.63. The van der Waals surface area contributed by atoms with Crippen molar-refractivity contribution in [2.75, 3.05) is 0 Å². The Morgan fingerprint density at radius 3 is 2.71 bits per heavy atom. The van der Waals surface area contributed by atoms with E-state index < -0.39 is 10.8 Å². The van der Waals surface area contributed by atoms with E-state index in [0.717, 1.165) is 5.56 Å². The maximum absolute atomic E-state index is 12.2. The number of furan rings is 1. The third kappa shape index (κ3) is 4.51. The van der Waals surface area contributed by atoms with Gasteiger partial charge >= 0.3 is 0 Å². The van der Waals surface area contributed by atoms with Crippen LogP contribution in [-0.4, -0.2) is 27.2 Å². The van der Waals surface area contributed by atoms with Gasteiger partial charge in [-0.15, -0.1) is 0 Å². The molecule has 4 aromatic rings. The summed E-state index contributed by atoms with van der Waals surface area (Å²) in [5.74, 6) is 0.309. The van der Waals surface area contributed by atoms with Crippen LogP contribution in [0.15, 0.2) is 76.2 Å². The van der Waals surface area contributed by atoms with Gasteiger partial charge in [0.25, 0.3) is 11.6 Å². The maximum Gasteiger partial charge on any atom is 0.289 e. The van der Waals surface area contributed by atoms with Crippen LogP contribution < -0.4 is 5.43 Å². The Morgan fingerprint density at radius 2 is 1.97 bits per heavy atom. The summed E-state index contributed by atoms with van der Waals surface area (Å²) in [6.07, 6.45) is 1.33. The molecule has 0 unspecified atom stereocenters. The van der Waals surface area contributed by atoms with Gasteiger partial charge in [-0.2, -0.15) is 10.2 Å². The van der Waals surface area contributed by atoms with E-state index in [1.807, 2.05) is 30.3 Å². The van der Waals surface area contributed by atoms with Crippen molar-refractivity contribution >= 4 is 29.4 Å². The van der Waals surface area contributed by atoms with Crippen molar-refractivity contribution in [3.05, 3.63) is 93.3 Å². The first kappa shape index (κ1) is 20.0. The summed E-state index contributed by atoms with van der Waals surface area (Å²) in [7, 11) is 0. The molecule has 0 saturated carbocycles. The molecule has 4 rings (SSSR count). The third-order valence-corrected chi connectivity index (χ3v) is 4.62. The number of carbonyl (C=O) groups is 1. The molecule has 9 nitrogen and oxygen atoms in total. The van der Waals surface area contributed by atoms with Gasteiger partial charge in [0, 0.05) is 23.3 Å². The first-order valence-electron chi connectivity index (χ1n) is 8.99. The quantitative estimate of drug-likeness (QED) is 0.258. The van der Waals surface area contributed by atoms with Crippen molar-refractivity contribution in [2.45, 2.75) is 0 Å². The van der Waals surface area contributed by atoms with Crippen LogP contribution in [0, 0.1) is 10.1 Å². The molecule has 2 N–H and O–H groups in total. The highest BCUT2D eigenvalue weighted by molar-refractivity contribution is 6.33. The standard InChI is InChI=1S/C21H14ClN5O4/c22-17-10-14(27(29)30)6-8-16(17)20-9-7-15(31-20)12-23-26-21(28)19-11-18(24-25-19)13-4-2-1-3-5-13/h1-12H,(H,24,25)(H,26,28)/b23-12-. The van der Waals surface area contributed by atoms with E-state index in [0.29, 0.717) is 22.8 Å². The molecule has 2 heterocycles. The first-order chi connectivity index (χ1) is 15.0. The number of carbonyl (C=O) groups excluding carboxylic acids is 1. The van der Waals surface area contributed by atoms with Crippen LogP contribution in [0.5, 0.6) is 0 Å². The maximum atomic E-state index is 12.2. The number of halogens is 1. The van der Waals surface area contributed by atoms with Crippen molar-refractivity contribution in [3.63, 3.8) is 0 Å². The number of hydrogen-bond donors (Lipinski definition) is 2. The lowest BCUT2D eigenvalue weighted by molar-refractivity contribution is -0.384. The number of nitro benzene ring substituents is 1. The van der Waals surface area contributed by atoms with E-state index in [1.54, 1.807) is 18.2 Å². The van der Waals surface area contributed by atoms with Crippen molar-refractivity contribution in [2.24, 2.45) is 5.10 Å². The second-order valence-electron chi connectivity index (χ2n) is 6.36. The average molecular weight is 436 g/mol. The normalized spacial score (nSPS) is 11.0. The van der Waals surface area contributed by atoms with Gasteiger partial charge in [-0.25, -0.2) is 5.43 Å². The smallest absolute Gasteiger partial charge is 0.289 e. The fourth-order valence-corrected chi connectivity index (χ4v) is 3.06. The molecule has 154 valence electrons. The Labute approximate surface area is 180 Å². The molecule has 0 fully saturated rings. The van der Waals surface area contributed by atoms with Crippen LogP contribution in [0.1, 0.15) is 16.2 Å². The minimum absolute atomic E-state index is 0.112. The molecule has 0 atom stereocenters. The third-order valence-electron chi connectivity index (χ3n) is 4.31. The van der Waals surface area contributed by atoms with Gasteiger partial charge in [-0.3, -0.25) is 20.0 Å². The van der Waals surface area contributed by atoms with E-state index >= 15 is 0 Å². The summed E-state index contributed by atoms with van der Waals surface area (Å²) >= 11 is 6.11. The van der Waals surface area contributed by atoms with Crippen molar-refractivity contribution < 1.29 is 14.1 Å². The van der Waals surface area contributed by atoms with Crippen LogP contribution in [-0.2, 0) is 0 Å². The summed E-state index contributed by atoms with van der Waals surface area (Å²) in [6.45, 7) is 0. The molecule has 0 aliphatic rings. The van der Waals surface area contributed by atoms with Gasteiger partial charge in [0.2, 0.25) is 0 Å². The van der Waals surface area contributed by atoms with Gasteiger partial charge in [-0.05, 0) is 24.3 Å². The predicted molar refractivity (Wildman–Crippen MR) is 115 cm³/mol. The number of nitrogens with zero attached hydrogens (tertiary/aromatic N) is 3. The number of hydrazone groups is 1. The highest BCUT2D eigenvalue weighted by Crippen LogP contribution is 2.32. The predicted octanol–water partition coefficient (Wildman–Crippen LogP) is 4.66. The fourth-order valence-electron chi connectivity index (χ4n) is 2.79. The fraction of sp³-hybridized carbons (Fsp3) is 0. The Morgan fingerprint density at radius 1 is 1.16 bits per heavy atom. The van der Waals surface area contributed by atoms with Crippen LogP contribution in [0.2, 0.25) is 5.02 Å². The Kier molecular flexibility index (Phi) is 5.59. The lowest BCUT2D eigenvalue weighted by Crippen LogP contribution is -2.17. The lowest BCUT2D eigenvalue weighted by atomic mass is 10.1. The molecule has 0 aliphatic heterocycles. The molecule has 2 aromatic carbocycles. The van der Waals surface area contributed by atoms with Crippen molar-refractivity contribution in [1.82, 2.24) is 15.6 Å². The minimum Gasteiger partial charge on any atom is -0.455 e. The Bertz CT molecular complexity index is 1280. The number of hydrogen-bond acceptors (Lipinski definition) is 6. The van der Waals surface area contributed by atoms with E-state index in [4.69, 9.17) is 16.0 Å². The zero-order valence-electron chi connectivity index (χ0n) is 15.8. The zero-order chi connectivity index (χ0) is 21.8. The monoisotopic (exact) mass is 435 g/mol. The number of aromatic nitrogens is 2. The van der Waals surface area contributed by atoms with Crippen LogP contribution >= 0.6 is 11.6 Å². The molecule has 31 heavy (non-hydrogen) atoms. The van der Waals surface area contributed by atoms with E-state index in [2.05, 4.69) is 20.7 Å². The van der Waals surface area contributed by atoms with Crippen molar-refractivity contribution in [1.29, 1.82) is 0 Å². The molecule has 10 heteroatoms. The molecular formula is C21H14ClN5O4. The van der Waals surface area contributed by atoms with Gasteiger partial charge in [0.1, 0.15) is 17.2 Å². The van der Waals surface area contributed by atoms with Crippen LogP contribution in [0.3, 0.4) is 0 Å². The van der Waals surface area contributed by atoms with Gasteiger partial charge < -0.3 is 4.42 Å². The van der Waals surface area contributed by atoms with E-state index in [-0.39, 0.29) is 16.4 Å². The summed E-state index contributed by atoms with van der Waals surface area (Å²) in [4.78, 5) is 22.5. The summed E-state index contributed by atoms with van der Waals surface area (Å²) in [6, 6.07) is 18.5. The summed E-state index contributed by atoms with van der Waals surface area (Å²) in [5, 5.41) is 21.7. The average Bonchev–Trinajstić information content (AvgIpc) is 3.44. The van der Waals surface area contributed by atoms with Crippen LogP contribution in [0.25, 0.3) is 22.6 Å². The number of rotatable bonds is 6. The summed E-state index contributed by atoms with van der Waals surface area (Å²) in [5.41, 5.74) is 4.57. The number of aromatic amines is 1. The molecule has 0 radical (unpaired) electrons. The highest BCUT2D eigenvalue weighted by Gasteiger charge is 2.14. The van der Waals surface area contributed by atoms with Gasteiger partial charge in [0.05, 0.1) is 21.9 Å². The Hall–Kier alpha value is -4.24. The highest BCUT2D eigenvalue weighted by atomic mass is 35.5. The number of nitro groups is 1. The molecule has 0 saturated heterocycles. The zero-order valence-corrected chi connectivity index (χ0v) is 16.5. The van der Waals surface area contributed by atoms with Gasteiger partial charge in [-0.1, -0.05) is 41.9 Å². The van der Waals surface area contributed by atoms with E-state index in [9.17, 15) is 14.9 Å².